The molecule has 6 heteroatoms. The fraction of sp³-hybridized carbons (Fsp3) is 0.429. The number of carbonyl (C=O) groups is 1. The fourth-order valence-corrected chi connectivity index (χ4v) is 3.47. The number of amides is 1. The first-order chi connectivity index (χ1) is 9.66. The summed E-state index contributed by atoms with van der Waals surface area (Å²) in [5.41, 5.74) is 6.61. The topological polar surface area (TPSA) is 77.2 Å². The van der Waals surface area contributed by atoms with Gasteiger partial charge in [0.2, 0.25) is 0 Å². The summed E-state index contributed by atoms with van der Waals surface area (Å²) >= 11 is 1.39. The Morgan fingerprint density at radius 2 is 2.50 bits per heavy atom. The molecule has 2 unspecified atom stereocenters. The van der Waals surface area contributed by atoms with Crippen LogP contribution in [0.15, 0.2) is 18.5 Å². The predicted molar refractivity (Wildman–Crippen MR) is 79.9 cm³/mol. The van der Waals surface area contributed by atoms with E-state index in [0.717, 1.165) is 23.1 Å². The van der Waals surface area contributed by atoms with Crippen molar-refractivity contribution in [2.45, 2.75) is 19.4 Å². The number of aromatic nitrogens is 1. The predicted octanol–water partition coefficient (Wildman–Crippen LogP) is 2.03. The van der Waals surface area contributed by atoms with Gasteiger partial charge in [-0.15, -0.1) is 11.3 Å². The van der Waals surface area contributed by atoms with Crippen LogP contribution in [0.5, 0.6) is 0 Å². The lowest BCUT2D eigenvalue weighted by molar-refractivity contribution is 0.0927. The minimum absolute atomic E-state index is 0.0905. The number of hydrogen-bond donors (Lipinski definition) is 2. The third-order valence-electron chi connectivity index (χ3n) is 3.77. The zero-order valence-electron chi connectivity index (χ0n) is 11.3. The van der Waals surface area contributed by atoms with Gasteiger partial charge in [0, 0.05) is 36.3 Å². The van der Waals surface area contributed by atoms with Gasteiger partial charge in [0.05, 0.1) is 17.0 Å². The van der Waals surface area contributed by atoms with Gasteiger partial charge in [0.1, 0.15) is 4.88 Å². The quantitative estimate of drug-likeness (QED) is 0.907. The number of nitrogen functional groups attached to an aromatic ring is 1. The molecule has 20 heavy (non-hydrogen) atoms. The van der Waals surface area contributed by atoms with Crippen LogP contribution >= 0.6 is 11.3 Å². The highest BCUT2D eigenvalue weighted by Crippen LogP contribution is 2.32. The van der Waals surface area contributed by atoms with Crippen molar-refractivity contribution in [1.29, 1.82) is 0 Å². The second-order valence-corrected chi connectivity index (χ2v) is 6.15. The lowest BCUT2D eigenvalue weighted by atomic mass is 10.0. The van der Waals surface area contributed by atoms with Crippen LogP contribution in [0.2, 0.25) is 0 Å². The first kappa shape index (κ1) is 13.3. The summed E-state index contributed by atoms with van der Waals surface area (Å²) in [6.45, 7) is 3.51. The molecule has 1 amide bonds. The Hall–Kier alpha value is -1.66. The second-order valence-electron chi connectivity index (χ2n) is 5.10. The summed E-state index contributed by atoms with van der Waals surface area (Å²) in [6, 6.07) is 1.93. The van der Waals surface area contributed by atoms with Crippen LogP contribution in [0.1, 0.15) is 23.0 Å². The van der Waals surface area contributed by atoms with Gasteiger partial charge in [0.25, 0.3) is 5.91 Å². The highest BCUT2D eigenvalue weighted by Gasteiger charge is 2.25. The largest absolute Gasteiger partial charge is 0.397 e. The van der Waals surface area contributed by atoms with Gasteiger partial charge >= 0.3 is 0 Å². The van der Waals surface area contributed by atoms with Crippen LogP contribution in [-0.4, -0.2) is 30.1 Å². The number of ether oxygens (including phenoxy) is 1. The van der Waals surface area contributed by atoms with E-state index in [0.29, 0.717) is 23.1 Å². The van der Waals surface area contributed by atoms with E-state index in [2.05, 4.69) is 10.3 Å². The number of pyridine rings is 1. The molecule has 0 aromatic carbocycles. The molecule has 5 nitrogen and oxygen atoms in total. The number of thiophene rings is 1. The number of hydrogen-bond acceptors (Lipinski definition) is 5. The molecule has 1 aliphatic rings. The number of rotatable bonds is 3. The van der Waals surface area contributed by atoms with Crippen molar-refractivity contribution in [3.8, 4) is 0 Å². The molecular formula is C14H17N3O2S. The van der Waals surface area contributed by atoms with E-state index >= 15 is 0 Å². The number of fused-ring (bicyclic) bond motifs is 1. The maximum absolute atomic E-state index is 12.4. The second kappa shape index (κ2) is 5.38. The summed E-state index contributed by atoms with van der Waals surface area (Å²) < 4.78 is 6.29. The highest BCUT2D eigenvalue weighted by molar-refractivity contribution is 7.21. The molecule has 3 heterocycles. The lowest BCUT2D eigenvalue weighted by Crippen LogP contribution is -2.38. The Labute approximate surface area is 121 Å². The van der Waals surface area contributed by atoms with Gasteiger partial charge < -0.3 is 15.8 Å². The zero-order valence-corrected chi connectivity index (χ0v) is 12.1. The first-order valence-electron chi connectivity index (χ1n) is 6.67. The van der Waals surface area contributed by atoms with Gasteiger partial charge in [0.15, 0.2) is 0 Å². The van der Waals surface area contributed by atoms with Crippen molar-refractivity contribution in [3.63, 3.8) is 0 Å². The maximum atomic E-state index is 12.4. The number of nitrogens with two attached hydrogens (primary N) is 1. The number of nitrogens with zero attached hydrogens (tertiary/aromatic N) is 1. The van der Waals surface area contributed by atoms with Crippen molar-refractivity contribution in [1.82, 2.24) is 10.3 Å². The Kier molecular flexibility index (Phi) is 3.58. The molecule has 3 rings (SSSR count). The SMILES string of the molecule is CC(NC(=O)c1sc2cnccc2c1N)C1CCOC1. The van der Waals surface area contributed by atoms with Crippen LogP contribution in [0.4, 0.5) is 5.69 Å². The van der Waals surface area contributed by atoms with Gasteiger partial charge in [-0.25, -0.2) is 0 Å². The first-order valence-corrected chi connectivity index (χ1v) is 7.49. The summed E-state index contributed by atoms with van der Waals surface area (Å²) in [5, 5.41) is 3.93. The standard InChI is InChI=1S/C14H17N3O2S/c1-8(9-3-5-19-7-9)17-14(18)13-12(15)10-2-4-16-6-11(10)20-13/h2,4,6,8-9H,3,5,7,15H2,1H3,(H,17,18). The van der Waals surface area contributed by atoms with E-state index < -0.39 is 0 Å². The summed E-state index contributed by atoms with van der Waals surface area (Å²) in [5.74, 6) is 0.277. The molecule has 1 fully saturated rings. The molecule has 0 radical (unpaired) electrons. The van der Waals surface area contributed by atoms with E-state index in [-0.39, 0.29) is 11.9 Å². The van der Waals surface area contributed by atoms with Gasteiger partial charge in [-0.05, 0) is 19.4 Å². The molecule has 0 bridgehead atoms. The monoisotopic (exact) mass is 291 g/mol. The number of nitrogens with one attached hydrogen (secondary N) is 1. The molecular weight excluding hydrogens is 274 g/mol. The van der Waals surface area contributed by atoms with Gasteiger partial charge in [-0.1, -0.05) is 0 Å². The maximum Gasteiger partial charge on any atom is 0.263 e. The Balaban J connectivity index is 1.80. The average Bonchev–Trinajstić information content (AvgIpc) is 3.07. The third-order valence-corrected chi connectivity index (χ3v) is 4.92. The number of anilines is 1. The Bertz CT molecular complexity index is 634. The van der Waals surface area contributed by atoms with Gasteiger partial charge in [-0.3, -0.25) is 9.78 Å². The molecule has 1 saturated heterocycles. The van der Waals surface area contributed by atoms with Crippen molar-refractivity contribution >= 4 is 33.0 Å². The van der Waals surface area contributed by atoms with Crippen LogP contribution in [0, 0.1) is 5.92 Å². The summed E-state index contributed by atoms with van der Waals surface area (Å²) in [4.78, 5) is 17.0. The Morgan fingerprint density at radius 1 is 1.65 bits per heavy atom. The van der Waals surface area contributed by atoms with E-state index in [4.69, 9.17) is 10.5 Å². The molecule has 2 atom stereocenters. The summed E-state index contributed by atoms with van der Waals surface area (Å²) in [7, 11) is 0. The average molecular weight is 291 g/mol. The molecule has 2 aromatic heterocycles. The minimum atomic E-state index is -0.108. The Morgan fingerprint density at radius 3 is 3.20 bits per heavy atom. The van der Waals surface area contributed by atoms with Crippen molar-refractivity contribution in [3.05, 3.63) is 23.3 Å². The third kappa shape index (κ3) is 2.36. The molecule has 0 aliphatic carbocycles. The van der Waals surface area contributed by atoms with Gasteiger partial charge in [-0.2, -0.15) is 0 Å². The minimum Gasteiger partial charge on any atom is -0.397 e. The smallest absolute Gasteiger partial charge is 0.263 e. The van der Waals surface area contributed by atoms with E-state index in [9.17, 15) is 4.79 Å². The normalized spacial score (nSPS) is 20.1. The molecule has 3 N–H and O–H groups in total. The van der Waals surface area contributed by atoms with Crippen molar-refractivity contribution in [2.75, 3.05) is 18.9 Å². The molecule has 0 saturated carbocycles. The number of carbonyl (C=O) groups excluding carboxylic acids is 1. The molecule has 2 aromatic rings. The van der Waals surface area contributed by atoms with Crippen molar-refractivity contribution < 1.29 is 9.53 Å². The van der Waals surface area contributed by atoms with Crippen LogP contribution in [0.3, 0.4) is 0 Å². The van der Waals surface area contributed by atoms with Crippen molar-refractivity contribution in [2.24, 2.45) is 5.92 Å². The van der Waals surface area contributed by atoms with E-state index in [1.54, 1.807) is 12.4 Å². The fourth-order valence-electron chi connectivity index (χ4n) is 2.48. The lowest BCUT2D eigenvalue weighted by Gasteiger charge is -2.18. The van der Waals surface area contributed by atoms with E-state index in [1.165, 1.54) is 11.3 Å². The van der Waals surface area contributed by atoms with Crippen LogP contribution in [0.25, 0.3) is 10.1 Å². The van der Waals surface area contributed by atoms with Crippen LogP contribution < -0.4 is 11.1 Å². The van der Waals surface area contributed by atoms with Crippen LogP contribution in [-0.2, 0) is 4.74 Å². The highest BCUT2D eigenvalue weighted by atomic mass is 32.1. The zero-order chi connectivity index (χ0) is 14.1. The summed E-state index contributed by atoms with van der Waals surface area (Å²) in [6.07, 6.45) is 4.42. The molecule has 1 aliphatic heterocycles. The molecule has 106 valence electrons. The molecule has 0 spiro atoms. The van der Waals surface area contributed by atoms with E-state index in [1.807, 2.05) is 13.0 Å².